The third-order valence-corrected chi connectivity index (χ3v) is 5.80. The van der Waals surface area contributed by atoms with Crippen LogP contribution in [-0.4, -0.2) is 6.10 Å². The van der Waals surface area contributed by atoms with Crippen LogP contribution in [0.4, 0.5) is 0 Å². The molecule has 0 heterocycles. The van der Waals surface area contributed by atoms with E-state index in [4.69, 9.17) is 3.32 Å². The Balaban J connectivity index is 0.00000132. The molecule has 1 aliphatic carbocycles. The van der Waals surface area contributed by atoms with Gasteiger partial charge in [0.25, 0.3) is 0 Å². The summed E-state index contributed by atoms with van der Waals surface area (Å²) in [7, 11) is 0. The molecule has 3 rings (SSSR count). The van der Waals surface area contributed by atoms with Gasteiger partial charge in [0.15, 0.2) is 0 Å². The van der Waals surface area contributed by atoms with Crippen molar-refractivity contribution in [2.24, 2.45) is 0 Å². The van der Waals surface area contributed by atoms with E-state index >= 15 is 0 Å². The van der Waals surface area contributed by atoms with E-state index in [1.54, 1.807) is 0 Å². The molecule has 0 saturated carbocycles. The van der Waals surface area contributed by atoms with E-state index in [1.165, 1.54) is 31.4 Å². The van der Waals surface area contributed by atoms with Crippen LogP contribution in [0.15, 0.2) is 54.1 Å². The van der Waals surface area contributed by atoms with Crippen LogP contribution >= 0.6 is 24.8 Å². The van der Waals surface area contributed by atoms with E-state index in [-0.39, 0.29) is 24.8 Å². The van der Waals surface area contributed by atoms with Gasteiger partial charge in [-0.3, -0.25) is 0 Å². The smallest absolute Gasteiger partial charge is 0.147 e. The first-order chi connectivity index (χ1) is 10.1. The Labute approximate surface area is 160 Å². The molecule has 122 valence electrons. The molecule has 4 heteroatoms. The van der Waals surface area contributed by atoms with Crippen LogP contribution in [-0.2, 0) is 22.9 Å². The first-order valence-corrected chi connectivity index (χ1v) is 8.88. The predicted octanol–water partition coefficient (Wildman–Crippen LogP) is 5.46. The Kier molecular flexibility index (Phi) is 8.06. The van der Waals surface area contributed by atoms with Crippen molar-refractivity contribution in [3.8, 4) is 0 Å². The summed E-state index contributed by atoms with van der Waals surface area (Å²) >= 11 is -0.585. The number of hydrogen-bond acceptors (Lipinski definition) is 1. The molecule has 0 amide bonds. The molecular formula is C19H22Cl2OTi. The van der Waals surface area contributed by atoms with Gasteiger partial charge < -0.3 is 0 Å². The molecule has 0 unspecified atom stereocenters. The number of rotatable bonds is 4. The minimum Gasteiger partial charge on any atom is -0.147 e. The molecule has 0 atom stereocenters. The Morgan fingerprint density at radius 1 is 1.04 bits per heavy atom. The summed E-state index contributed by atoms with van der Waals surface area (Å²) in [6.45, 7) is 6.41. The first kappa shape index (κ1) is 20.5. The van der Waals surface area contributed by atoms with Crippen LogP contribution in [0.3, 0.4) is 0 Å². The van der Waals surface area contributed by atoms with Crippen LogP contribution in [0.5, 0.6) is 0 Å². The number of fused-ring (bicyclic) bond motifs is 1. The maximum absolute atomic E-state index is 6.04. The summed E-state index contributed by atoms with van der Waals surface area (Å²) in [5, 5.41) is 2.68. The fraction of sp³-hybridized carbons (Fsp3) is 0.263. The molecule has 23 heavy (non-hydrogen) atoms. The van der Waals surface area contributed by atoms with Crippen molar-refractivity contribution in [3.63, 3.8) is 0 Å². The monoisotopic (exact) mass is 384 g/mol. The Bertz CT molecular complexity index is 735. The van der Waals surface area contributed by atoms with Crippen molar-refractivity contribution in [1.29, 1.82) is 0 Å². The van der Waals surface area contributed by atoms with Crippen molar-refractivity contribution >= 4 is 45.0 Å². The van der Waals surface area contributed by atoms with Crippen molar-refractivity contribution in [1.82, 2.24) is 0 Å². The fourth-order valence-corrected chi connectivity index (χ4v) is 4.31. The van der Waals surface area contributed by atoms with Crippen molar-refractivity contribution in [3.05, 3.63) is 59.7 Å². The Morgan fingerprint density at radius 3 is 2.43 bits per heavy atom. The molecule has 2 aromatic carbocycles. The normalized spacial score (nSPS) is 13.2. The van der Waals surface area contributed by atoms with Gasteiger partial charge in [-0.25, -0.2) is 0 Å². The van der Waals surface area contributed by atoms with Crippen LogP contribution < -0.4 is 3.87 Å². The summed E-state index contributed by atoms with van der Waals surface area (Å²) in [4.78, 5) is 0. The van der Waals surface area contributed by atoms with Gasteiger partial charge in [-0.15, -0.1) is 24.8 Å². The van der Waals surface area contributed by atoms with E-state index in [0.717, 1.165) is 6.42 Å². The molecule has 0 bridgehead atoms. The SMILES string of the molecule is CC1=CCC(c2ccc3ccccc3[c]2[Ti][O]C(C)C)=C1.Cl.Cl. The summed E-state index contributed by atoms with van der Waals surface area (Å²) < 4.78 is 7.48. The van der Waals surface area contributed by atoms with Gasteiger partial charge in [-0.1, -0.05) is 0 Å². The second-order valence-corrected chi connectivity index (χ2v) is 7.27. The van der Waals surface area contributed by atoms with Crippen LogP contribution in [0, 0.1) is 0 Å². The number of allylic oxidation sites excluding steroid dienone is 4. The van der Waals surface area contributed by atoms with E-state index < -0.39 is 19.5 Å². The molecule has 0 aliphatic heterocycles. The third kappa shape index (κ3) is 4.72. The molecule has 0 saturated heterocycles. The zero-order chi connectivity index (χ0) is 14.8. The first-order valence-electron chi connectivity index (χ1n) is 7.46. The van der Waals surface area contributed by atoms with E-state index in [0.29, 0.717) is 6.10 Å². The quantitative estimate of drug-likeness (QED) is 0.635. The molecular weight excluding hydrogens is 363 g/mol. The van der Waals surface area contributed by atoms with Crippen molar-refractivity contribution in [2.45, 2.75) is 33.3 Å². The maximum Gasteiger partial charge on any atom is -0.147 e. The Hall–Kier alpha value is -0.566. The van der Waals surface area contributed by atoms with E-state index in [2.05, 4.69) is 69.3 Å². The minimum atomic E-state index is -0.585. The molecule has 0 radical (unpaired) electrons. The molecule has 2 aromatic rings. The van der Waals surface area contributed by atoms with Gasteiger partial charge in [-0.05, 0) is 0 Å². The topological polar surface area (TPSA) is 9.23 Å². The van der Waals surface area contributed by atoms with Gasteiger partial charge in [-0.2, -0.15) is 0 Å². The molecule has 0 spiro atoms. The predicted molar refractivity (Wildman–Crippen MR) is 101 cm³/mol. The van der Waals surface area contributed by atoms with E-state index in [9.17, 15) is 0 Å². The fourth-order valence-electron chi connectivity index (χ4n) is 2.68. The van der Waals surface area contributed by atoms with E-state index in [1.807, 2.05) is 0 Å². The van der Waals surface area contributed by atoms with Crippen LogP contribution in [0.1, 0.15) is 32.8 Å². The largest absolute Gasteiger partial charge is 0.147 e. The zero-order valence-electron chi connectivity index (χ0n) is 13.6. The molecule has 0 aromatic heterocycles. The van der Waals surface area contributed by atoms with Gasteiger partial charge in [0, 0.05) is 0 Å². The second kappa shape index (κ2) is 9.06. The zero-order valence-corrected chi connectivity index (χ0v) is 16.8. The van der Waals surface area contributed by atoms with Crippen LogP contribution in [0.25, 0.3) is 16.3 Å². The van der Waals surface area contributed by atoms with Crippen molar-refractivity contribution < 1.29 is 22.9 Å². The summed E-state index contributed by atoms with van der Waals surface area (Å²) in [5.41, 5.74) is 4.20. The average Bonchev–Trinajstić information content (AvgIpc) is 2.90. The Morgan fingerprint density at radius 2 is 1.78 bits per heavy atom. The summed E-state index contributed by atoms with van der Waals surface area (Å²) in [6, 6.07) is 13.2. The van der Waals surface area contributed by atoms with Gasteiger partial charge in [0.2, 0.25) is 0 Å². The third-order valence-electron chi connectivity index (χ3n) is 3.72. The number of benzene rings is 2. The van der Waals surface area contributed by atoms with Gasteiger partial charge >= 0.3 is 136 Å². The minimum absolute atomic E-state index is 0. The standard InChI is InChI=1S/C16H13.C3H7O.2ClH.Ti/c1-12-6-7-15(10-12)16-9-8-13-4-2-3-5-14(13)11-16;1-3(2)4;;;/h2-6,8-10H,7H2,1H3;3H,1-2H3;2*1H;/q;-1;;;+1. The maximum atomic E-state index is 6.04. The van der Waals surface area contributed by atoms with Crippen LogP contribution in [0.2, 0.25) is 0 Å². The van der Waals surface area contributed by atoms with Gasteiger partial charge in [0.05, 0.1) is 0 Å². The summed E-state index contributed by atoms with van der Waals surface area (Å²) in [6.07, 6.45) is 5.96. The van der Waals surface area contributed by atoms with Gasteiger partial charge in [0.1, 0.15) is 0 Å². The second-order valence-electron chi connectivity index (χ2n) is 5.80. The number of halogens is 2. The molecule has 1 nitrogen and oxygen atoms in total. The summed E-state index contributed by atoms with van der Waals surface area (Å²) in [5.74, 6) is 0. The average molecular weight is 385 g/mol. The number of hydrogen-bond donors (Lipinski definition) is 0. The molecule has 1 aliphatic rings. The molecule has 0 N–H and O–H groups in total. The van der Waals surface area contributed by atoms with Crippen molar-refractivity contribution in [2.75, 3.05) is 0 Å². The molecule has 0 fully saturated rings.